The molecule has 1 aromatic rings. The van der Waals surface area contributed by atoms with E-state index in [-0.39, 0.29) is 0 Å². The molecule has 2 N–H and O–H groups in total. The number of aromatic nitrogens is 1. The van der Waals surface area contributed by atoms with Crippen molar-refractivity contribution >= 4 is 5.69 Å². The molecule has 1 unspecified atom stereocenters. The Morgan fingerprint density at radius 1 is 1.30 bits per heavy atom. The fourth-order valence-electron chi connectivity index (χ4n) is 3.24. The summed E-state index contributed by atoms with van der Waals surface area (Å²) in [6.07, 6.45) is 8.68. The van der Waals surface area contributed by atoms with Crippen molar-refractivity contribution in [2.45, 2.75) is 59.4 Å². The van der Waals surface area contributed by atoms with Crippen LogP contribution < -0.4 is 5.73 Å². The fourth-order valence-corrected chi connectivity index (χ4v) is 3.24. The Hall–Kier alpha value is -1.09. The van der Waals surface area contributed by atoms with Crippen molar-refractivity contribution < 1.29 is 0 Å². The first-order chi connectivity index (χ1) is 9.61. The minimum atomic E-state index is 0.911. The van der Waals surface area contributed by atoms with Crippen molar-refractivity contribution in [1.82, 2.24) is 9.88 Å². The van der Waals surface area contributed by atoms with Gasteiger partial charge in [-0.1, -0.05) is 19.8 Å². The molecular weight excluding hydrogens is 246 g/mol. The van der Waals surface area contributed by atoms with Crippen LogP contribution >= 0.6 is 0 Å². The number of hydrogen-bond donors (Lipinski definition) is 1. The van der Waals surface area contributed by atoms with Gasteiger partial charge in [0.1, 0.15) is 0 Å². The molecule has 20 heavy (non-hydrogen) atoms. The minimum Gasteiger partial charge on any atom is -0.398 e. The van der Waals surface area contributed by atoms with Gasteiger partial charge >= 0.3 is 0 Å². The summed E-state index contributed by atoms with van der Waals surface area (Å²) in [5.74, 6) is 0.933. The van der Waals surface area contributed by atoms with Crippen LogP contribution in [0.25, 0.3) is 0 Å². The average Bonchev–Trinajstić information content (AvgIpc) is 2.66. The molecule has 0 saturated carbocycles. The Kier molecular flexibility index (Phi) is 5.41. The predicted molar refractivity (Wildman–Crippen MR) is 85.6 cm³/mol. The van der Waals surface area contributed by atoms with Gasteiger partial charge in [-0.25, -0.2) is 0 Å². The van der Waals surface area contributed by atoms with Crippen LogP contribution in [-0.4, -0.2) is 23.0 Å². The molecule has 2 rings (SSSR count). The van der Waals surface area contributed by atoms with Crippen LogP contribution in [0.3, 0.4) is 0 Å². The van der Waals surface area contributed by atoms with Crippen molar-refractivity contribution in [2.24, 2.45) is 5.92 Å². The molecule has 3 nitrogen and oxygen atoms in total. The number of hydrogen-bond acceptors (Lipinski definition) is 3. The third-order valence-electron chi connectivity index (χ3n) is 4.69. The maximum Gasteiger partial charge on any atom is 0.0593 e. The lowest BCUT2D eigenvalue weighted by molar-refractivity contribution is 0.267. The second kappa shape index (κ2) is 7.07. The Labute approximate surface area is 123 Å². The Morgan fingerprint density at radius 3 is 2.85 bits per heavy atom. The molecule has 1 saturated heterocycles. The minimum absolute atomic E-state index is 0.911. The molecule has 0 bridgehead atoms. The van der Waals surface area contributed by atoms with Gasteiger partial charge in [0.05, 0.1) is 5.69 Å². The number of rotatable bonds is 4. The molecule has 1 aliphatic rings. The molecule has 0 aromatic carbocycles. The molecule has 1 aliphatic heterocycles. The Morgan fingerprint density at radius 2 is 2.10 bits per heavy atom. The molecule has 0 aliphatic carbocycles. The molecule has 1 fully saturated rings. The van der Waals surface area contributed by atoms with Gasteiger partial charge in [-0.2, -0.15) is 0 Å². The van der Waals surface area contributed by atoms with Gasteiger partial charge in [-0.15, -0.1) is 0 Å². The summed E-state index contributed by atoms with van der Waals surface area (Å²) in [6.45, 7) is 9.79. The van der Waals surface area contributed by atoms with Crippen LogP contribution in [0.5, 0.6) is 0 Å². The van der Waals surface area contributed by atoms with Crippen molar-refractivity contribution in [3.8, 4) is 0 Å². The van der Waals surface area contributed by atoms with Crippen molar-refractivity contribution in [2.75, 3.05) is 18.8 Å². The van der Waals surface area contributed by atoms with Crippen molar-refractivity contribution in [1.29, 1.82) is 0 Å². The first-order valence-corrected chi connectivity index (χ1v) is 8.04. The second-order valence-corrected chi connectivity index (χ2v) is 6.29. The topological polar surface area (TPSA) is 42.2 Å². The van der Waals surface area contributed by atoms with Crippen molar-refractivity contribution in [3.05, 3.63) is 23.0 Å². The van der Waals surface area contributed by atoms with E-state index < -0.39 is 0 Å². The number of anilines is 1. The summed E-state index contributed by atoms with van der Waals surface area (Å²) < 4.78 is 0. The first kappa shape index (κ1) is 15.3. The predicted octanol–water partition coefficient (Wildman–Crippen LogP) is 3.68. The molecule has 0 amide bonds. The highest BCUT2D eigenvalue weighted by atomic mass is 15.1. The van der Waals surface area contributed by atoms with Gasteiger partial charge in [-0.3, -0.25) is 9.88 Å². The van der Waals surface area contributed by atoms with Crippen molar-refractivity contribution in [3.63, 3.8) is 0 Å². The molecule has 2 heterocycles. The summed E-state index contributed by atoms with van der Waals surface area (Å²) in [5, 5.41) is 0. The van der Waals surface area contributed by atoms with Gasteiger partial charge in [0.15, 0.2) is 0 Å². The summed E-state index contributed by atoms with van der Waals surface area (Å²) in [5.41, 5.74) is 10.4. The van der Waals surface area contributed by atoms with E-state index in [9.17, 15) is 0 Å². The maximum absolute atomic E-state index is 6.12. The van der Waals surface area contributed by atoms with E-state index in [1.807, 2.05) is 13.1 Å². The SMILES string of the molecule is CCCC1CCCN(Cc2ncc(C)c(N)c2C)CC1. The number of likely N-dealkylation sites (tertiary alicyclic amines) is 1. The average molecular weight is 275 g/mol. The largest absolute Gasteiger partial charge is 0.398 e. The molecule has 0 radical (unpaired) electrons. The lowest BCUT2D eigenvalue weighted by Gasteiger charge is -2.21. The van der Waals surface area contributed by atoms with Crippen LogP contribution in [0.4, 0.5) is 5.69 Å². The zero-order valence-electron chi connectivity index (χ0n) is 13.3. The third-order valence-corrected chi connectivity index (χ3v) is 4.69. The number of aryl methyl sites for hydroxylation is 1. The molecule has 1 atom stereocenters. The van der Waals surface area contributed by atoms with Gasteiger partial charge in [0, 0.05) is 18.4 Å². The lowest BCUT2D eigenvalue weighted by Crippen LogP contribution is -2.25. The van der Waals surface area contributed by atoms with Gasteiger partial charge in [0.25, 0.3) is 0 Å². The number of nitrogen functional groups attached to an aromatic ring is 1. The zero-order valence-corrected chi connectivity index (χ0v) is 13.3. The van der Waals surface area contributed by atoms with E-state index >= 15 is 0 Å². The van der Waals surface area contributed by atoms with E-state index in [1.165, 1.54) is 50.8 Å². The van der Waals surface area contributed by atoms with Crippen LogP contribution in [0.1, 0.15) is 55.8 Å². The highest BCUT2D eigenvalue weighted by Crippen LogP contribution is 2.24. The van der Waals surface area contributed by atoms with E-state index in [0.29, 0.717) is 0 Å². The van der Waals surface area contributed by atoms with E-state index in [4.69, 9.17) is 5.73 Å². The van der Waals surface area contributed by atoms with E-state index in [1.54, 1.807) is 0 Å². The van der Waals surface area contributed by atoms with Crippen LogP contribution in [-0.2, 0) is 6.54 Å². The smallest absolute Gasteiger partial charge is 0.0593 e. The van der Waals surface area contributed by atoms with Gasteiger partial charge in [-0.05, 0) is 63.2 Å². The normalized spacial score (nSPS) is 20.9. The second-order valence-electron chi connectivity index (χ2n) is 6.29. The summed E-state index contributed by atoms with van der Waals surface area (Å²) >= 11 is 0. The number of nitrogens with two attached hydrogens (primary N) is 1. The quantitative estimate of drug-likeness (QED) is 0.911. The molecular formula is C17H29N3. The van der Waals surface area contributed by atoms with Crippen LogP contribution in [0.2, 0.25) is 0 Å². The van der Waals surface area contributed by atoms with E-state index in [2.05, 4.69) is 23.7 Å². The van der Waals surface area contributed by atoms with E-state index in [0.717, 1.165) is 29.4 Å². The lowest BCUT2D eigenvalue weighted by atomic mass is 9.96. The maximum atomic E-state index is 6.12. The summed E-state index contributed by atoms with van der Waals surface area (Å²) in [4.78, 5) is 7.15. The highest BCUT2D eigenvalue weighted by molar-refractivity contribution is 5.53. The molecule has 112 valence electrons. The highest BCUT2D eigenvalue weighted by Gasteiger charge is 2.18. The fraction of sp³-hybridized carbons (Fsp3) is 0.706. The number of pyridine rings is 1. The van der Waals surface area contributed by atoms with Crippen LogP contribution in [0.15, 0.2) is 6.20 Å². The Balaban J connectivity index is 1.98. The monoisotopic (exact) mass is 275 g/mol. The van der Waals surface area contributed by atoms with Gasteiger partial charge in [0.2, 0.25) is 0 Å². The number of nitrogens with zero attached hydrogens (tertiary/aromatic N) is 2. The standard InChI is InChI=1S/C17H29N3/c1-4-6-15-7-5-9-20(10-8-15)12-16-14(3)17(18)13(2)11-19-16/h11,15H,4-10,12H2,1-3H3,(H2,18,19). The van der Waals surface area contributed by atoms with Gasteiger partial charge < -0.3 is 5.73 Å². The Bertz CT molecular complexity index is 442. The molecule has 0 spiro atoms. The van der Waals surface area contributed by atoms with Crippen LogP contribution in [0, 0.1) is 19.8 Å². The zero-order chi connectivity index (χ0) is 14.5. The first-order valence-electron chi connectivity index (χ1n) is 8.04. The molecule has 1 aromatic heterocycles. The summed E-state index contributed by atoms with van der Waals surface area (Å²) in [6, 6.07) is 0. The third kappa shape index (κ3) is 3.72. The summed E-state index contributed by atoms with van der Waals surface area (Å²) in [7, 11) is 0. The molecule has 3 heteroatoms.